The zero-order valence-corrected chi connectivity index (χ0v) is 19.4. The van der Waals surface area contributed by atoms with Gasteiger partial charge in [-0.15, -0.1) is 0 Å². The highest BCUT2D eigenvalue weighted by molar-refractivity contribution is 6.09. The van der Waals surface area contributed by atoms with E-state index in [1.165, 1.54) is 11.1 Å². The summed E-state index contributed by atoms with van der Waals surface area (Å²) in [6.07, 6.45) is 3.00. The quantitative estimate of drug-likeness (QED) is 0.311. The molecule has 0 spiro atoms. The van der Waals surface area contributed by atoms with Crippen LogP contribution in [0.15, 0.2) is 72.8 Å². The minimum absolute atomic E-state index is 0.145. The van der Waals surface area contributed by atoms with Gasteiger partial charge in [-0.3, -0.25) is 9.89 Å². The third kappa shape index (κ3) is 3.64. The molecule has 0 unspecified atom stereocenters. The number of anilines is 2. The lowest BCUT2D eigenvalue weighted by Gasteiger charge is -2.15. The molecule has 2 aromatic heterocycles. The van der Waals surface area contributed by atoms with Crippen molar-refractivity contribution in [1.29, 1.82) is 0 Å². The average Bonchev–Trinajstić information content (AvgIpc) is 3.52. The maximum absolute atomic E-state index is 13.4. The number of hydrogen-bond acceptors (Lipinski definition) is 4. The van der Waals surface area contributed by atoms with E-state index in [1.54, 1.807) is 0 Å². The zero-order chi connectivity index (χ0) is 23.9. The Bertz CT molecular complexity index is 1590. The van der Waals surface area contributed by atoms with Crippen molar-refractivity contribution in [2.24, 2.45) is 0 Å². The average molecular weight is 460 g/mol. The second-order valence-corrected chi connectivity index (χ2v) is 9.00. The van der Waals surface area contributed by atoms with Crippen molar-refractivity contribution in [3.05, 3.63) is 95.1 Å². The van der Waals surface area contributed by atoms with E-state index in [2.05, 4.69) is 22.4 Å². The molecular formula is C29H25N5O. The molecule has 6 rings (SSSR count). The highest BCUT2D eigenvalue weighted by Crippen LogP contribution is 2.39. The van der Waals surface area contributed by atoms with Gasteiger partial charge in [0.15, 0.2) is 5.65 Å². The van der Waals surface area contributed by atoms with Crippen LogP contribution in [0.5, 0.6) is 0 Å². The number of amides is 1. The number of fused-ring (bicyclic) bond motifs is 3. The molecule has 0 saturated carbocycles. The molecule has 0 bridgehead atoms. The molecule has 0 radical (unpaired) electrons. The highest BCUT2D eigenvalue weighted by atomic mass is 16.1. The van der Waals surface area contributed by atoms with Gasteiger partial charge in [0.2, 0.25) is 0 Å². The number of carbonyl (C=O) groups excluding carboxylic acids is 1. The third-order valence-electron chi connectivity index (χ3n) is 6.81. The molecule has 6 heteroatoms. The number of rotatable bonds is 4. The van der Waals surface area contributed by atoms with Crippen LogP contribution in [0.3, 0.4) is 0 Å². The van der Waals surface area contributed by atoms with Gasteiger partial charge in [0.1, 0.15) is 5.82 Å². The molecule has 0 fully saturated rings. The van der Waals surface area contributed by atoms with E-state index in [0.29, 0.717) is 17.0 Å². The van der Waals surface area contributed by atoms with Crippen LogP contribution in [-0.4, -0.2) is 21.1 Å². The Hall–Kier alpha value is -4.45. The highest BCUT2D eigenvalue weighted by Gasteiger charge is 2.24. The monoisotopic (exact) mass is 459 g/mol. The normalized spacial score (nSPS) is 12.6. The topological polar surface area (TPSA) is 96.7 Å². The summed E-state index contributed by atoms with van der Waals surface area (Å²) >= 11 is 0. The second-order valence-electron chi connectivity index (χ2n) is 9.00. The molecule has 35 heavy (non-hydrogen) atoms. The Balaban J connectivity index is 1.39. The minimum atomic E-state index is -0.145. The molecule has 1 aliphatic rings. The van der Waals surface area contributed by atoms with Gasteiger partial charge in [0.05, 0.1) is 11.1 Å². The van der Waals surface area contributed by atoms with Crippen molar-refractivity contribution in [3.63, 3.8) is 0 Å². The van der Waals surface area contributed by atoms with E-state index in [4.69, 9.17) is 10.7 Å². The summed E-state index contributed by atoms with van der Waals surface area (Å²) in [6.45, 7) is 2.07. The van der Waals surface area contributed by atoms with Gasteiger partial charge in [0.25, 0.3) is 5.91 Å². The summed E-state index contributed by atoms with van der Waals surface area (Å²) in [5.41, 5.74) is 15.6. The molecule has 172 valence electrons. The summed E-state index contributed by atoms with van der Waals surface area (Å²) in [5.74, 6) is 0.431. The van der Waals surface area contributed by atoms with Crippen molar-refractivity contribution < 1.29 is 4.79 Å². The lowest BCUT2D eigenvalue weighted by atomic mass is 9.96. The molecule has 5 aromatic rings. The number of nitrogen functional groups attached to an aromatic ring is 1. The van der Waals surface area contributed by atoms with Crippen molar-refractivity contribution in [1.82, 2.24) is 15.2 Å². The third-order valence-corrected chi connectivity index (χ3v) is 6.81. The number of nitrogens with one attached hydrogen (secondary N) is 2. The molecule has 0 aliphatic heterocycles. The molecule has 0 saturated heterocycles. The fraction of sp³-hybridized carbons (Fsp3) is 0.138. The Morgan fingerprint density at radius 3 is 2.57 bits per heavy atom. The number of aromatic nitrogens is 3. The van der Waals surface area contributed by atoms with Gasteiger partial charge >= 0.3 is 0 Å². The van der Waals surface area contributed by atoms with E-state index in [9.17, 15) is 4.79 Å². The molecule has 2 heterocycles. The SMILES string of the molecule is Cc1ccc(NC(=O)c2ccccc2-c2ccccc2)cc1-c1nc2n[nH]c(N)c2c2c1CCC2. The van der Waals surface area contributed by atoms with Gasteiger partial charge in [0, 0.05) is 16.8 Å². The molecule has 0 atom stereocenters. The van der Waals surface area contributed by atoms with E-state index in [-0.39, 0.29) is 5.91 Å². The molecule has 3 aromatic carbocycles. The van der Waals surface area contributed by atoms with Crippen LogP contribution in [0.2, 0.25) is 0 Å². The fourth-order valence-electron chi connectivity index (χ4n) is 5.10. The number of H-pyrrole nitrogens is 1. The Morgan fingerprint density at radius 2 is 1.71 bits per heavy atom. The first-order chi connectivity index (χ1) is 17.1. The molecule has 1 amide bonds. The van der Waals surface area contributed by atoms with Crippen molar-refractivity contribution in [3.8, 4) is 22.4 Å². The van der Waals surface area contributed by atoms with Crippen LogP contribution in [0.1, 0.15) is 33.5 Å². The van der Waals surface area contributed by atoms with Crippen LogP contribution in [0.25, 0.3) is 33.4 Å². The number of nitrogens with zero attached hydrogens (tertiary/aromatic N) is 2. The largest absolute Gasteiger partial charge is 0.384 e. The molecule has 4 N–H and O–H groups in total. The molecular weight excluding hydrogens is 434 g/mol. The Labute approximate surface area is 203 Å². The summed E-state index contributed by atoms with van der Waals surface area (Å²) in [4.78, 5) is 18.2. The van der Waals surface area contributed by atoms with Gasteiger partial charge in [-0.2, -0.15) is 5.10 Å². The van der Waals surface area contributed by atoms with E-state index >= 15 is 0 Å². The van der Waals surface area contributed by atoms with Gasteiger partial charge in [-0.05, 0) is 72.2 Å². The van der Waals surface area contributed by atoms with Crippen LogP contribution in [0, 0.1) is 6.92 Å². The second kappa shape index (κ2) is 8.40. The predicted molar refractivity (Wildman–Crippen MR) is 140 cm³/mol. The number of nitrogens with two attached hydrogens (primary N) is 1. The van der Waals surface area contributed by atoms with E-state index < -0.39 is 0 Å². The van der Waals surface area contributed by atoms with Crippen molar-refractivity contribution in [2.75, 3.05) is 11.1 Å². The van der Waals surface area contributed by atoms with Crippen molar-refractivity contribution in [2.45, 2.75) is 26.2 Å². The first-order valence-corrected chi connectivity index (χ1v) is 11.8. The van der Waals surface area contributed by atoms with Crippen molar-refractivity contribution >= 4 is 28.4 Å². The Morgan fingerprint density at radius 1 is 0.943 bits per heavy atom. The first kappa shape index (κ1) is 21.1. The number of benzene rings is 3. The maximum atomic E-state index is 13.4. The minimum Gasteiger partial charge on any atom is -0.384 e. The lowest BCUT2D eigenvalue weighted by Crippen LogP contribution is -2.13. The fourth-order valence-corrected chi connectivity index (χ4v) is 5.10. The number of carbonyl (C=O) groups is 1. The number of aryl methyl sites for hydroxylation is 2. The molecule has 6 nitrogen and oxygen atoms in total. The van der Waals surface area contributed by atoms with Gasteiger partial charge < -0.3 is 11.1 Å². The summed E-state index contributed by atoms with van der Waals surface area (Å²) in [6, 6.07) is 23.6. The zero-order valence-electron chi connectivity index (χ0n) is 19.4. The van der Waals surface area contributed by atoms with E-state index in [0.717, 1.165) is 58.3 Å². The van der Waals surface area contributed by atoms with Crippen LogP contribution < -0.4 is 11.1 Å². The predicted octanol–water partition coefficient (Wildman–Crippen LogP) is 5.92. The summed E-state index contributed by atoms with van der Waals surface area (Å²) in [7, 11) is 0. The number of hydrogen-bond donors (Lipinski definition) is 3. The summed E-state index contributed by atoms with van der Waals surface area (Å²) in [5, 5.41) is 11.3. The Kier molecular flexibility index (Phi) is 5.07. The lowest BCUT2D eigenvalue weighted by molar-refractivity contribution is 0.102. The van der Waals surface area contributed by atoms with Gasteiger partial charge in [-0.25, -0.2) is 4.98 Å². The smallest absolute Gasteiger partial charge is 0.256 e. The van der Waals surface area contributed by atoms with E-state index in [1.807, 2.05) is 72.8 Å². The molecule has 1 aliphatic carbocycles. The first-order valence-electron chi connectivity index (χ1n) is 11.8. The number of pyridine rings is 1. The van der Waals surface area contributed by atoms with Gasteiger partial charge in [-0.1, -0.05) is 54.6 Å². The van der Waals surface area contributed by atoms with Crippen LogP contribution in [0.4, 0.5) is 11.5 Å². The number of aromatic amines is 1. The van der Waals surface area contributed by atoms with Crippen LogP contribution in [-0.2, 0) is 12.8 Å². The maximum Gasteiger partial charge on any atom is 0.256 e. The summed E-state index contributed by atoms with van der Waals surface area (Å²) < 4.78 is 0. The van der Waals surface area contributed by atoms with Crippen LogP contribution >= 0.6 is 0 Å². The standard InChI is InChI=1S/C29H25N5O/c1-17-14-15-19(31-29(35)23-11-6-5-10-20(23)18-8-3-2-4-9-18)16-24(17)26-22-13-7-12-21(22)25-27(30)33-34-28(25)32-26/h2-6,8-11,14-16H,7,12-13H2,1H3,(H,31,35)(H3,30,32,33,34).